The van der Waals surface area contributed by atoms with Gasteiger partial charge in [0.25, 0.3) is 0 Å². The Labute approximate surface area is 164 Å². The fraction of sp³-hybridized carbons (Fsp3) is 0.227. The molecule has 0 atom stereocenters. The first-order chi connectivity index (χ1) is 13.5. The maximum atomic E-state index is 12.2. The number of nitrogens with zero attached hydrogens (tertiary/aromatic N) is 2. The highest BCUT2D eigenvalue weighted by Gasteiger charge is 2.24. The van der Waals surface area contributed by atoms with Crippen LogP contribution in [0.15, 0.2) is 59.2 Å². The third-order valence-electron chi connectivity index (χ3n) is 4.40. The van der Waals surface area contributed by atoms with Gasteiger partial charge in [-0.2, -0.15) is 0 Å². The summed E-state index contributed by atoms with van der Waals surface area (Å²) < 4.78 is 5.30. The average molecular weight is 377 g/mol. The zero-order valence-corrected chi connectivity index (χ0v) is 16.2. The molecule has 6 nitrogen and oxygen atoms in total. The highest BCUT2D eigenvalue weighted by Crippen LogP contribution is 2.22. The number of aliphatic imine (C=N–C) groups is 1. The number of nitrogens with one attached hydrogen (secondary N) is 1. The molecule has 0 spiro atoms. The number of anilines is 2. The number of cyclic esters (lactones) is 1. The van der Waals surface area contributed by atoms with Crippen LogP contribution in [-0.4, -0.2) is 30.9 Å². The van der Waals surface area contributed by atoms with E-state index in [0.29, 0.717) is 11.3 Å². The first-order valence-electron chi connectivity index (χ1n) is 9.25. The number of carbonyl (C=O) groups is 2. The molecule has 0 fully saturated rings. The number of benzene rings is 2. The monoisotopic (exact) mass is 377 g/mol. The summed E-state index contributed by atoms with van der Waals surface area (Å²) in [4.78, 5) is 29.8. The summed E-state index contributed by atoms with van der Waals surface area (Å²) in [6.07, 6.45) is 1.72. The van der Waals surface area contributed by atoms with Gasteiger partial charge in [0.15, 0.2) is 5.70 Å². The first-order valence-corrected chi connectivity index (χ1v) is 9.25. The molecule has 2 aromatic rings. The van der Waals surface area contributed by atoms with Gasteiger partial charge in [-0.3, -0.25) is 4.79 Å². The van der Waals surface area contributed by atoms with Gasteiger partial charge >= 0.3 is 5.97 Å². The number of ether oxygens (including phenoxy) is 1. The van der Waals surface area contributed by atoms with Crippen molar-refractivity contribution < 1.29 is 14.3 Å². The van der Waals surface area contributed by atoms with Crippen molar-refractivity contribution in [3.05, 3.63) is 65.4 Å². The third-order valence-corrected chi connectivity index (χ3v) is 4.40. The van der Waals surface area contributed by atoms with Gasteiger partial charge in [0, 0.05) is 37.0 Å². The van der Waals surface area contributed by atoms with Crippen LogP contribution in [0.3, 0.4) is 0 Å². The molecule has 1 N–H and O–H groups in total. The molecule has 0 saturated heterocycles. The van der Waals surface area contributed by atoms with Crippen molar-refractivity contribution in [3.8, 4) is 0 Å². The van der Waals surface area contributed by atoms with Crippen molar-refractivity contribution in [2.75, 3.05) is 23.3 Å². The molecule has 0 unspecified atom stereocenters. The lowest BCUT2D eigenvalue weighted by molar-refractivity contribution is -0.129. The van der Waals surface area contributed by atoms with E-state index >= 15 is 0 Å². The van der Waals surface area contributed by atoms with E-state index in [1.807, 2.05) is 24.3 Å². The number of carbonyl (C=O) groups excluding carboxylic acids is 2. The summed E-state index contributed by atoms with van der Waals surface area (Å²) in [5, 5.41) is 2.69. The van der Waals surface area contributed by atoms with Crippen LogP contribution in [-0.2, 0) is 14.3 Å². The molecular weight excluding hydrogens is 354 g/mol. The van der Waals surface area contributed by atoms with Gasteiger partial charge in [0.1, 0.15) is 0 Å². The second-order valence-corrected chi connectivity index (χ2v) is 6.36. The molecule has 0 saturated carbocycles. The van der Waals surface area contributed by atoms with E-state index in [1.54, 1.807) is 30.3 Å². The zero-order chi connectivity index (χ0) is 20.1. The molecule has 1 aliphatic heterocycles. The molecule has 1 aliphatic rings. The SMILES string of the molecule is CCN(CC)c1ccc(/C=C2/N=C(c3ccc(NC(C)=O)cc3)OC2=O)cc1. The second-order valence-electron chi connectivity index (χ2n) is 6.36. The number of amides is 1. The van der Waals surface area contributed by atoms with E-state index in [-0.39, 0.29) is 17.5 Å². The number of esters is 1. The zero-order valence-electron chi connectivity index (χ0n) is 16.2. The predicted octanol–water partition coefficient (Wildman–Crippen LogP) is 3.84. The smallest absolute Gasteiger partial charge is 0.363 e. The Kier molecular flexibility index (Phi) is 5.89. The highest BCUT2D eigenvalue weighted by atomic mass is 16.6. The Hall–Kier alpha value is -3.41. The summed E-state index contributed by atoms with van der Waals surface area (Å²) in [5.74, 6) is -0.367. The summed E-state index contributed by atoms with van der Waals surface area (Å²) >= 11 is 0. The van der Waals surface area contributed by atoms with Crippen molar-refractivity contribution in [2.24, 2.45) is 4.99 Å². The molecule has 1 amide bonds. The fourth-order valence-electron chi connectivity index (χ4n) is 2.96. The van der Waals surface area contributed by atoms with Crippen LogP contribution in [0.2, 0.25) is 0 Å². The molecule has 0 bridgehead atoms. The van der Waals surface area contributed by atoms with Crippen molar-refractivity contribution >= 4 is 35.2 Å². The van der Waals surface area contributed by atoms with Crippen molar-refractivity contribution in [1.29, 1.82) is 0 Å². The van der Waals surface area contributed by atoms with Gasteiger partial charge < -0.3 is 15.0 Å². The Morgan fingerprint density at radius 3 is 2.29 bits per heavy atom. The molecule has 0 aliphatic carbocycles. The van der Waals surface area contributed by atoms with Crippen LogP contribution < -0.4 is 10.2 Å². The van der Waals surface area contributed by atoms with E-state index < -0.39 is 5.97 Å². The second kappa shape index (κ2) is 8.52. The highest BCUT2D eigenvalue weighted by molar-refractivity contribution is 6.13. The van der Waals surface area contributed by atoms with Gasteiger partial charge in [-0.25, -0.2) is 9.79 Å². The van der Waals surface area contributed by atoms with Gasteiger partial charge in [-0.05, 0) is 61.9 Å². The minimum atomic E-state index is -0.478. The van der Waals surface area contributed by atoms with Gasteiger partial charge in [-0.15, -0.1) is 0 Å². The van der Waals surface area contributed by atoms with Crippen molar-refractivity contribution in [1.82, 2.24) is 0 Å². The van der Waals surface area contributed by atoms with E-state index in [1.165, 1.54) is 6.92 Å². The lowest BCUT2D eigenvalue weighted by Crippen LogP contribution is -2.21. The third kappa shape index (κ3) is 4.46. The van der Waals surface area contributed by atoms with Crippen molar-refractivity contribution in [3.63, 3.8) is 0 Å². The lowest BCUT2D eigenvalue weighted by atomic mass is 10.1. The molecular formula is C22H23N3O3. The number of hydrogen-bond donors (Lipinski definition) is 1. The molecule has 3 rings (SSSR count). The van der Waals surface area contributed by atoms with Gasteiger partial charge in [-0.1, -0.05) is 12.1 Å². The van der Waals surface area contributed by atoms with Gasteiger partial charge in [0.2, 0.25) is 11.8 Å². The standard InChI is InChI=1S/C22H23N3O3/c1-4-25(5-2)19-12-6-16(7-13-19)14-20-22(27)28-21(24-20)17-8-10-18(11-9-17)23-15(3)26/h6-14H,4-5H2,1-3H3,(H,23,26)/b20-14+. The Balaban J connectivity index is 1.78. The topological polar surface area (TPSA) is 71.0 Å². The quantitative estimate of drug-likeness (QED) is 0.613. The lowest BCUT2D eigenvalue weighted by Gasteiger charge is -2.20. The molecule has 28 heavy (non-hydrogen) atoms. The molecule has 2 aromatic carbocycles. The maximum Gasteiger partial charge on any atom is 0.363 e. The van der Waals surface area contributed by atoms with E-state index in [2.05, 4.69) is 29.1 Å². The number of hydrogen-bond acceptors (Lipinski definition) is 5. The molecule has 0 aromatic heterocycles. The van der Waals surface area contributed by atoms with Gasteiger partial charge in [0.05, 0.1) is 0 Å². The van der Waals surface area contributed by atoms with E-state index in [0.717, 1.165) is 24.3 Å². The average Bonchev–Trinajstić information content (AvgIpc) is 3.04. The van der Waals surface area contributed by atoms with Crippen LogP contribution >= 0.6 is 0 Å². The summed E-state index contributed by atoms with van der Waals surface area (Å²) in [6.45, 7) is 7.57. The Bertz CT molecular complexity index is 925. The van der Waals surface area contributed by atoms with Crippen LogP contribution in [0, 0.1) is 0 Å². The number of rotatable bonds is 6. The fourth-order valence-corrected chi connectivity index (χ4v) is 2.96. The predicted molar refractivity (Wildman–Crippen MR) is 111 cm³/mol. The summed E-state index contributed by atoms with van der Waals surface area (Å²) in [5.41, 5.74) is 3.63. The minimum absolute atomic E-state index is 0.144. The molecule has 1 heterocycles. The summed E-state index contributed by atoms with van der Waals surface area (Å²) in [6, 6.07) is 15.0. The van der Waals surface area contributed by atoms with Crippen LogP contribution in [0.5, 0.6) is 0 Å². The van der Waals surface area contributed by atoms with E-state index in [9.17, 15) is 9.59 Å². The van der Waals surface area contributed by atoms with E-state index in [4.69, 9.17) is 4.74 Å². The molecule has 0 radical (unpaired) electrons. The largest absolute Gasteiger partial charge is 0.402 e. The Morgan fingerprint density at radius 2 is 1.71 bits per heavy atom. The minimum Gasteiger partial charge on any atom is -0.402 e. The maximum absolute atomic E-state index is 12.2. The Morgan fingerprint density at radius 1 is 1.07 bits per heavy atom. The molecule has 6 heteroatoms. The molecule has 144 valence electrons. The normalized spacial score (nSPS) is 14.6. The van der Waals surface area contributed by atoms with Crippen LogP contribution in [0.25, 0.3) is 6.08 Å². The van der Waals surface area contributed by atoms with Crippen LogP contribution in [0.4, 0.5) is 11.4 Å². The van der Waals surface area contributed by atoms with Crippen LogP contribution in [0.1, 0.15) is 31.9 Å². The summed E-state index contributed by atoms with van der Waals surface area (Å²) in [7, 11) is 0. The first kappa shape index (κ1) is 19.4. The van der Waals surface area contributed by atoms with Crippen molar-refractivity contribution in [2.45, 2.75) is 20.8 Å².